The number of hydrogen-bond acceptors (Lipinski definition) is 3. The first-order valence-corrected chi connectivity index (χ1v) is 4.93. The first kappa shape index (κ1) is 8.59. The van der Waals surface area contributed by atoms with Gasteiger partial charge in [0.05, 0.1) is 0 Å². The van der Waals surface area contributed by atoms with Crippen molar-refractivity contribution in [3.63, 3.8) is 0 Å². The fraction of sp³-hybridized carbons (Fsp3) is 0.222. The lowest BCUT2D eigenvalue weighted by Crippen LogP contribution is -2.30. The molecule has 4 heteroatoms. The summed E-state index contributed by atoms with van der Waals surface area (Å²) in [5.41, 5.74) is 1.18. The molecule has 1 heterocycles. The summed E-state index contributed by atoms with van der Waals surface area (Å²) in [6.07, 6.45) is 0.750. The van der Waals surface area contributed by atoms with Crippen molar-refractivity contribution in [2.24, 2.45) is 0 Å². The van der Waals surface area contributed by atoms with Crippen LogP contribution < -0.4 is 9.44 Å². The molecule has 13 heavy (non-hydrogen) atoms. The van der Waals surface area contributed by atoms with Gasteiger partial charge in [0.2, 0.25) is 5.91 Å². The summed E-state index contributed by atoms with van der Waals surface area (Å²) >= 11 is 1.26. The average molecular weight is 194 g/mol. The van der Waals surface area contributed by atoms with Crippen LogP contribution in [0.15, 0.2) is 30.3 Å². The largest absolute Gasteiger partial charge is 0.286 e. The molecule has 1 amide bonds. The van der Waals surface area contributed by atoms with Gasteiger partial charge in [0, 0.05) is 12.1 Å². The molecule has 2 rings (SSSR count). The van der Waals surface area contributed by atoms with Crippen molar-refractivity contribution in [2.45, 2.75) is 12.5 Å². The molecule has 0 aliphatic carbocycles. The van der Waals surface area contributed by atoms with Crippen LogP contribution in [0.1, 0.15) is 5.56 Å². The van der Waals surface area contributed by atoms with E-state index in [9.17, 15) is 4.79 Å². The summed E-state index contributed by atoms with van der Waals surface area (Å²) in [6.45, 7) is 0. The van der Waals surface area contributed by atoms with Gasteiger partial charge in [-0.25, -0.2) is 4.72 Å². The SMILES string of the molecule is O=C1NSNC1Cc1ccccc1. The molecule has 0 spiro atoms. The van der Waals surface area contributed by atoms with Gasteiger partial charge in [-0.1, -0.05) is 30.3 Å². The Morgan fingerprint density at radius 3 is 2.69 bits per heavy atom. The minimum Gasteiger partial charge on any atom is -0.286 e. The van der Waals surface area contributed by atoms with Gasteiger partial charge in [0.25, 0.3) is 0 Å². The molecule has 1 aliphatic rings. The molecule has 0 aromatic heterocycles. The Morgan fingerprint density at radius 2 is 2.08 bits per heavy atom. The van der Waals surface area contributed by atoms with E-state index in [1.807, 2.05) is 30.3 Å². The van der Waals surface area contributed by atoms with E-state index in [0.29, 0.717) is 0 Å². The van der Waals surface area contributed by atoms with Gasteiger partial charge in [0.15, 0.2) is 0 Å². The third kappa shape index (κ3) is 2.02. The highest BCUT2D eigenvalue weighted by Crippen LogP contribution is 2.09. The zero-order valence-corrected chi connectivity index (χ0v) is 7.80. The summed E-state index contributed by atoms with van der Waals surface area (Å²) in [5, 5.41) is 0. The van der Waals surface area contributed by atoms with Crippen LogP contribution in [0.2, 0.25) is 0 Å². The lowest BCUT2D eigenvalue weighted by molar-refractivity contribution is -0.119. The molecular weight excluding hydrogens is 184 g/mol. The Labute approximate surface area is 81.2 Å². The van der Waals surface area contributed by atoms with Crippen molar-refractivity contribution >= 4 is 18.0 Å². The molecule has 2 N–H and O–H groups in total. The van der Waals surface area contributed by atoms with Crippen LogP contribution in [-0.2, 0) is 11.2 Å². The average Bonchev–Trinajstić information content (AvgIpc) is 2.54. The van der Waals surface area contributed by atoms with Crippen LogP contribution >= 0.6 is 12.1 Å². The van der Waals surface area contributed by atoms with Crippen molar-refractivity contribution in [1.29, 1.82) is 0 Å². The number of rotatable bonds is 2. The molecule has 0 saturated carbocycles. The lowest BCUT2D eigenvalue weighted by Gasteiger charge is -2.05. The van der Waals surface area contributed by atoms with Gasteiger partial charge >= 0.3 is 0 Å². The van der Waals surface area contributed by atoms with Crippen molar-refractivity contribution in [2.75, 3.05) is 0 Å². The maximum absolute atomic E-state index is 11.2. The van der Waals surface area contributed by atoms with Crippen LogP contribution in [0, 0.1) is 0 Å². The standard InChI is InChI=1S/C9H10N2OS/c12-9-8(10-13-11-9)6-7-4-2-1-3-5-7/h1-5,8,10H,6H2,(H,11,12). The maximum atomic E-state index is 11.2. The summed E-state index contributed by atoms with van der Waals surface area (Å²) in [5.74, 6) is 0.0638. The van der Waals surface area contributed by atoms with Crippen LogP contribution in [0.25, 0.3) is 0 Å². The first-order chi connectivity index (χ1) is 6.36. The summed E-state index contributed by atoms with van der Waals surface area (Å²) in [6, 6.07) is 9.90. The van der Waals surface area contributed by atoms with E-state index in [2.05, 4.69) is 9.44 Å². The molecule has 1 atom stereocenters. The first-order valence-electron chi connectivity index (χ1n) is 4.11. The minimum atomic E-state index is -0.0904. The molecule has 0 radical (unpaired) electrons. The van der Waals surface area contributed by atoms with E-state index in [0.717, 1.165) is 6.42 Å². The second-order valence-electron chi connectivity index (χ2n) is 2.93. The quantitative estimate of drug-likeness (QED) is 0.687. The van der Waals surface area contributed by atoms with Crippen molar-refractivity contribution in [3.05, 3.63) is 35.9 Å². The predicted octanol–water partition coefficient (Wildman–Crippen LogP) is 0.880. The molecule has 0 bridgehead atoms. The lowest BCUT2D eigenvalue weighted by atomic mass is 10.1. The van der Waals surface area contributed by atoms with E-state index >= 15 is 0 Å². The topological polar surface area (TPSA) is 41.1 Å². The predicted molar refractivity (Wildman–Crippen MR) is 52.8 cm³/mol. The van der Waals surface area contributed by atoms with Gasteiger partial charge in [-0.15, -0.1) is 0 Å². The fourth-order valence-corrected chi connectivity index (χ4v) is 1.89. The van der Waals surface area contributed by atoms with Gasteiger partial charge in [0.1, 0.15) is 6.04 Å². The molecule has 1 aliphatic heterocycles. The second-order valence-corrected chi connectivity index (χ2v) is 3.57. The highest BCUT2D eigenvalue weighted by Gasteiger charge is 2.24. The van der Waals surface area contributed by atoms with Crippen molar-refractivity contribution in [1.82, 2.24) is 9.44 Å². The Balaban J connectivity index is 2.02. The van der Waals surface area contributed by atoms with E-state index in [1.54, 1.807) is 0 Å². The molecule has 1 unspecified atom stereocenters. The number of amides is 1. The molecule has 1 aromatic carbocycles. The Kier molecular flexibility index (Phi) is 2.52. The second kappa shape index (κ2) is 3.81. The Morgan fingerprint density at radius 1 is 1.31 bits per heavy atom. The van der Waals surface area contributed by atoms with Crippen LogP contribution in [0.5, 0.6) is 0 Å². The number of carbonyl (C=O) groups excluding carboxylic acids is 1. The molecule has 3 nitrogen and oxygen atoms in total. The van der Waals surface area contributed by atoms with E-state index in [4.69, 9.17) is 0 Å². The number of hydrogen-bond donors (Lipinski definition) is 2. The van der Waals surface area contributed by atoms with Gasteiger partial charge in [-0.2, -0.15) is 0 Å². The molecular formula is C9H10N2OS. The smallest absolute Gasteiger partial charge is 0.249 e. The highest BCUT2D eigenvalue weighted by atomic mass is 32.2. The third-order valence-electron chi connectivity index (χ3n) is 1.95. The van der Waals surface area contributed by atoms with E-state index in [1.165, 1.54) is 17.7 Å². The maximum Gasteiger partial charge on any atom is 0.249 e. The molecule has 68 valence electrons. The molecule has 1 aromatic rings. The van der Waals surface area contributed by atoms with E-state index in [-0.39, 0.29) is 11.9 Å². The van der Waals surface area contributed by atoms with E-state index < -0.39 is 0 Å². The number of nitrogens with one attached hydrogen (secondary N) is 2. The van der Waals surface area contributed by atoms with Crippen LogP contribution in [0.3, 0.4) is 0 Å². The Hall–Kier alpha value is -1.00. The normalized spacial score (nSPS) is 21.5. The summed E-state index contributed by atoms with van der Waals surface area (Å²) in [7, 11) is 0. The van der Waals surface area contributed by atoms with Gasteiger partial charge < -0.3 is 0 Å². The highest BCUT2D eigenvalue weighted by molar-refractivity contribution is 7.96. The van der Waals surface area contributed by atoms with Crippen molar-refractivity contribution < 1.29 is 4.79 Å². The van der Waals surface area contributed by atoms with Gasteiger partial charge in [-0.05, 0) is 12.0 Å². The van der Waals surface area contributed by atoms with Crippen molar-refractivity contribution in [3.8, 4) is 0 Å². The zero-order valence-electron chi connectivity index (χ0n) is 6.99. The number of carbonyl (C=O) groups is 1. The Bertz CT molecular complexity index is 302. The third-order valence-corrected chi connectivity index (χ3v) is 2.66. The monoisotopic (exact) mass is 194 g/mol. The zero-order chi connectivity index (χ0) is 9.10. The summed E-state index contributed by atoms with van der Waals surface area (Å²) in [4.78, 5) is 11.2. The van der Waals surface area contributed by atoms with Gasteiger partial charge in [-0.3, -0.25) is 9.52 Å². The summed E-state index contributed by atoms with van der Waals surface area (Å²) < 4.78 is 5.67. The molecule has 1 saturated heterocycles. The van der Waals surface area contributed by atoms with Crippen LogP contribution in [0.4, 0.5) is 0 Å². The number of benzene rings is 1. The fourth-order valence-electron chi connectivity index (χ4n) is 1.26. The minimum absolute atomic E-state index is 0.0638. The molecule has 1 fully saturated rings. The van der Waals surface area contributed by atoms with Crippen LogP contribution in [-0.4, -0.2) is 11.9 Å².